The van der Waals surface area contributed by atoms with Gasteiger partial charge >= 0.3 is 0 Å². The van der Waals surface area contributed by atoms with E-state index in [9.17, 15) is 0 Å². The van der Waals surface area contributed by atoms with E-state index in [4.69, 9.17) is 13.9 Å². The number of furan rings is 1. The van der Waals surface area contributed by atoms with Crippen LogP contribution in [0.1, 0.15) is 19.1 Å². The Morgan fingerprint density at radius 3 is 2.65 bits per heavy atom. The van der Waals surface area contributed by atoms with Crippen LogP contribution in [-0.2, 0) is 6.54 Å². The first-order valence-electron chi connectivity index (χ1n) is 6.79. The largest absolute Gasteiger partial charge is 0.497 e. The van der Waals surface area contributed by atoms with E-state index in [-0.39, 0.29) is 0 Å². The van der Waals surface area contributed by atoms with Crippen LogP contribution >= 0.6 is 0 Å². The third-order valence-electron chi connectivity index (χ3n) is 3.16. The number of methoxy groups -OCH3 is 2. The molecule has 0 aliphatic carbocycles. The van der Waals surface area contributed by atoms with Crippen LogP contribution in [0.5, 0.6) is 11.5 Å². The van der Waals surface area contributed by atoms with Crippen LogP contribution in [-0.4, -0.2) is 20.8 Å². The Morgan fingerprint density at radius 2 is 1.95 bits per heavy atom. The van der Waals surface area contributed by atoms with Gasteiger partial charge in [-0.05, 0) is 31.2 Å². The zero-order chi connectivity index (χ0) is 14.4. The standard InChI is InChI=1S/C16H21NO3/c1-4-8-17-11-16-14(7-9-20-16)13-6-5-12(18-2)10-15(13)19-3/h5-7,9-10,17H,4,8,11H2,1-3H3. The first kappa shape index (κ1) is 14.5. The first-order valence-corrected chi connectivity index (χ1v) is 6.79. The highest BCUT2D eigenvalue weighted by Crippen LogP contribution is 2.35. The smallest absolute Gasteiger partial charge is 0.130 e. The second-order valence-corrected chi connectivity index (χ2v) is 4.50. The molecule has 0 fully saturated rings. The van der Waals surface area contributed by atoms with E-state index >= 15 is 0 Å². The molecule has 0 radical (unpaired) electrons. The molecule has 2 rings (SSSR count). The summed E-state index contributed by atoms with van der Waals surface area (Å²) in [6.07, 6.45) is 2.81. The molecule has 108 valence electrons. The third-order valence-corrected chi connectivity index (χ3v) is 3.16. The minimum atomic E-state index is 0.714. The SMILES string of the molecule is CCCNCc1occc1-c1ccc(OC)cc1OC. The molecule has 2 aromatic rings. The van der Waals surface area contributed by atoms with Crippen molar-refractivity contribution < 1.29 is 13.9 Å². The Kier molecular flexibility index (Phi) is 5.07. The number of hydrogen-bond acceptors (Lipinski definition) is 4. The lowest BCUT2D eigenvalue weighted by Crippen LogP contribution is -2.13. The maximum atomic E-state index is 5.57. The number of hydrogen-bond donors (Lipinski definition) is 1. The van der Waals surface area contributed by atoms with Gasteiger partial charge in [0.25, 0.3) is 0 Å². The molecule has 1 aromatic carbocycles. The lowest BCUT2D eigenvalue weighted by Gasteiger charge is -2.11. The molecule has 0 spiro atoms. The fourth-order valence-corrected chi connectivity index (χ4v) is 2.12. The van der Waals surface area contributed by atoms with E-state index < -0.39 is 0 Å². The van der Waals surface area contributed by atoms with E-state index in [0.717, 1.165) is 41.4 Å². The van der Waals surface area contributed by atoms with Crippen LogP contribution in [0.15, 0.2) is 34.9 Å². The van der Waals surface area contributed by atoms with Crippen LogP contribution in [0.25, 0.3) is 11.1 Å². The van der Waals surface area contributed by atoms with Gasteiger partial charge in [-0.15, -0.1) is 0 Å². The number of nitrogens with one attached hydrogen (secondary N) is 1. The zero-order valence-corrected chi connectivity index (χ0v) is 12.2. The van der Waals surface area contributed by atoms with Crippen LogP contribution in [0.4, 0.5) is 0 Å². The molecule has 4 heteroatoms. The van der Waals surface area contributed by atoms with Crippen molar-refractivity contribution in [2.24, 2.45) is 0 Å². The monoisotopic (exact) mass is 275 g/mol. The number of rotatable bonds is 7. The van der Waals surface area contributed by atoms with Crippen molar-refractivity contribution in [3.05, 3.63) is 36.3 Å². The second-order valence-electron chi connectivity index (χ2n) is 4.50. The molecule has 0 saturated heterocycles. The van der Waals surface area contributed by atoms with Gasteiger partial charge in [0.1, 0.15) is 17.3 Å². The van der Waals surface area contributed by atoms with Gasteiger partial charge in [0.15, 0.2) is 0 Å². The second kappa shape index (κ2) is 7.01. The van der Waals surface area contributed by atoms with E-state index in [1.165, 1.54) is 0 Å². The molecule has 0 atom stereocenters. The molecule has 1 aromatic heterocycles. The summed E-state index contributed by atoms with van der Waals surface area (Å²) in [7, 11) is 3.31. The molecular weight excluding hydrogens is 254 g/mol. The molecule has 0 aliphatic heterocycles. The van der Waals surface area contributed by atoms with Gasteiger partial charge in [0.2, 0.25) is 0 Å². The Balaban J connectivity index is 2.29. The van der Waals surface area contributed by atoms with E-state index in [0.29, 0.717) is 6.54 Å². The van der Waals surface area contributed by atoms with E-state index in [1.54, 1.807) is 20.5 Å². The third kappa shape index (κ3) is 3.14. The molecule has 0 bridgehead atoms. The van der Waals surface area contributed by atoms with Crippen molar-refractivity contribution in [3.63, 3.8) is 0 Å². The molecule has 20 heavy (non-hydrogen) atoms. The average Bonchev–Trinajstić information content (AvgIpc) is 2.95. The van der Waals surface area contributed by atoms with Gasteiger partial charge in [0, 0.05) is 17.2 Å². The van der Waals surface area contributed by atoms with Gasteiger partial charge in [-0.2, -0.15) is 0 Å². The summed E-state index contributed by atoms with van der Waals surface area (Å²) in [6, 6.07) is 7.76. The normalized spacial score (nSPS) is 10.6. The van der Waals surface area contributed by atoms with Crippen LogP contribution in [0, 0.1) is 0 Å². The van der Waals surface area contributed by atoms with Crippen molar-refractivity contribution in [1.29, 1.82) is 0 Å². The molecule has 0 saturated carbocycles. The van der Waals surface area contributed by atoms with Crippen molar-refractivity contribution in [2.45, 2.75) is 19.9 Å². The van der Waals surface area contributed by atoms with Crippen molar-refractivity contribution in [2.75, 3.05) is 20.8 Å². The fraction of sp³-hybridized carbons (Fsp3) is 0.375. The summed E-state index contributed by atoms with van der Waals surface area (Å²) in [5.74, 6) is 2.48. The first-order chi connectivity index (χ1) is 9.80. The van der Waals surface area contributed by atoms with E-state index in [2.05, 4.69) is 12.2 Å². The van der Waals surface area contributed by atoms with Crippen LogP contribution < -0.4 is 14.8 Å². The zero-order valence-electron chi connectivity index (χ0n) is 12.2. The Hall–Kier alpha value is -1.94. The molecule has 4 nitrogen and oxygen atoms in total. The quantitative estimate of drug-likeness (QED) is 0.786. The van der Waals surface area contributed by atoms with Crippen molar-refractivity contribution in [3.8, 4) is 22.6 Å². The predicted octanol–water partition coefficient (Wildman–Crippen LogP) is 3.46. The molecule has 0 amide bonds. The van der Waals surface area contributed by atoms with Gasteiger partial charge in [0.05, 0.1) is 27.0 Å². The topological polar surface area (TPSA) is 43.6 Å². The van der Waals surface area contributed by atoms with Crippen molar-refractivity contribution in [1.82, 2.24) is 5.32 Å². The summed E-state index contributed by atoms with van der Waals surface area (Å²) in [5, 5.41) is 3.35. The van der Waals surface area contributed by atoms with Gasteiger partial charge < -0.3 is 19.2 Å². The molecular formula is C16H21NO3. The lowest BCUT2D eigenvalue weighted by atomic mass is 10.0. The maximum Gasteiger partial charge on any atom is 0.130 e. The van der Waals surface area contributed by atoms with Gasteiger partial charge in [-0.25, -0.2) is 0 Å². The summed E-state index contributed by atoms with van der Waals surface area (Å²) in [4.78, 5) is 0. The summed E-state index contributed by atoms with van der Waals surface area (Å²) >= 11 is 0. The highest BCUT2D eigenvalue weighted by atomic mass is 16.5. The molecule has 1 N–H and O–H groups in total. The fourth-order valence-electron chi connectivity index (χ4n) is 2.12. The van der Waals surface area contributed by atoms with E-state index in [1.807, 2.05) is 24.3 Å². The maximum absolute atomic E-state index is 5.57. The highest BCUT2D eigenvalue weighted by Gasteiger charge is 2.13. The Morgan fingerprint density at radius 1 is 1.10 bits per heavy atom. The summed E-state index contributed by atoms with van der Waals surface area (Å²) < 4.78 is 16.2. The van der Waals surface area contributed by atoms with Gasteiger partial charge in [-0.1, -0.05) is 6.92 Å². The Bertz CT molecular complexity index is 548. The lowest BCUT2D eigenvalue weighted by molar-refractivity contribution is 0.395. The molecule has 1 heterocycles. The molecule has 0 aliphatic rings. The summed E-state index contributed by atoms with van der Waals surface area (Å²) in [5.41, 5.74) is 2.06. The molecule has 0 unspecified atom stereocenters. The van der Waals surface area contributed by atoms with Gasteiger partial charge in [-0.3, -0.25) is 0 Å². The minimum absolute atomic E-state index is 0.714. The average molecular weight is 275 g/mol. The predicted molar refractivity (Wildman–Crippen MR) is 79.2 cm³/mol. The highest BCUT2D eigenvalue weighted by molar-refractivity contribution is 5.73. The van der Waals surface area contributed by atoms with Crippen molar-refractivity contribution >= 4 is 0 Å². The Labute approximate surface area is 119 Å². The summed E-state index contributed by atoms with van der Waals surface area (Å²) in [6.45, 7) is 3.83. The van der Waals surface area contributed by atoms with Crippen LogP contribution in [0.2, 0.25) is 0 Å². The number of benzene rings is 1. The minimum Gasteiger partial charge on any atom is -0.497 e. The number of ether oxygens (including phenoxy) is 2. The van der Waals surface area contributed by atoms with Crippen LogP contribution in [0.3, 0.4) is 0 Å².